The molecule has 2 fully saturated rings. The Morgan fingerprint density at radius 1 is 0.710 bits per heavy atom. The summed E-state index contributed by atoms with van der Waals surface area (Å²) in [5, 5.41) is 66.4. The highest BCUT2D eigenvalue weighted by molar-refractivity contribution is 6.05. The summed E-state index contributed by atoms with van der Waals surface area (Å²) in [6.07, 6.45) is 0.542. The third kappa shape index (κ3) is 8.99. The average molecular weight is 867 g/mol. The molecule has 336 valence electrons. The van der Waals surface area contributed by atoms with Crippen LogP contribution in [0.5, 0.6) is 0 Å². The molecule has 20 heteroatoms. The maximum Gasteiger partial charge on any atom is 0.304 e. The number of nitrogens with one attached hydrogen (secondary N) is 2. The molecule has 6 aliphatic rings. The van der Waals surface area contributed by atoms with E-state index >= 15 is 0 Å². The van der Waals surface area contributed by atoms with Gasteiger partial charge in [0.05, 0.1) is 24.9 Å². The molecular formula is C42H54N6O14. The van der Waals surface area contributed by atoms with Gasteiger partial charge in [-0.2, -0.15) is 0 Å². The predicted octanol–water partition coefficient (Wildman–Crippen LogP) is 2.46. The van der Waals surface area contributed by atoms with E-state index in [0.29, 0.717) is 11.4 Å². The molecule has 0 aromatic carbocycles. The van der Waals surface area contributed by atoms with Gasteiger partial charge in [0, 0.05) is 120 Å². The molecule has 2 unspecified atom stereocenters. The SMILES string of the molecule is C[C@@]12CC(=O)N[C@@]13C[C@@H]1N=C(CC4N=C(/C=C5\N=C(C=C(N3)[C@H]2CCC(=O)O)[C@@H](CC(=O)O)[C@@H]5CCC(=O)O)C(CCC(=O)O)[C@@H]4CC(=O)O)[C@@](C)(CC(N)=O)[C@@H]1CCC(=O)O. The van der Waals surface area contributed by atoms with Crippen molar-refractivity contribution in [3.05, 3.63) is 23.5 Å². The van der Waals surface area contributed by atoms with Crippen molar-refractivity contribution in [3.8, 4) is 0 Å². The molecule has 0 aromatic rings. The minimum atomic E-state index is -1.34. The molecule has 20 nitrogen and oxygen atoms in total. The van der Waals surface area contributed by atoms with Crippen molar-refractivity contribution in [1.29, 1.82) is 0 Å². The van der Waals surface area contributed by atoms with Gasteiger partial charge < -0.3 is 47.0 Å². The van der Waals surface area contributed by atoms with Crippen LogP contribution in [0.25, 0.3) is 0 Å². The number of amides is 2. The molecule has 6 aliphatic heterocycles. The van der Waals surface area contributed by atoms with E-state index in [0.717, 1.165) is 0 Å². The fourth-order valence-electron chi connectivity index (χ4n) is 11.6. The summed E-state index contributed by atoms with van der Waals surface area (Å²) in [5.41, 5.74) is 3.94. The summed E-state index contributed by atoms with van der Waals surface area (Å²) >= 11 is 0. The number of fused-ring (bicyclic) bond motifs is 4. The zero-order valence-electron chi connectivity index (χ0n) is 34.5. The summed E-state index contributed by atoms with van der Waals surface area (Å²) in [4.78, 5) is 115. The Morgan fingerprint density at radius 3 is 1.90 bits per heavy atom. The van der Waals surface area contributed by atoms with Gasteiger partial charge in [0.1, 0.15) is 5.66 Å². The van der Waals surface area contributed by atoms with Gasteiger partial charge in [0.25, 0.3) is 0 Å². The first-order chi connectivity index (χ1) is 29.0. The maximum absolute atomic E-state index is 13.6. The minimum Gasteiger partial charge on any atom is -0.481 e. The smallest absolute Gasteiger partial charge is 0.304 e. The van der Waals surface area contributed by atoms with Gasteiger partial charge in [0.15, 0.2) is 0 Å². The molecule has 0 aliphatic carbocycles. The lowest BCUT2D eigenvalue weighted by atomic mass is 9.63. The van der Waals surface area contributed by atoms with Crippen LogP contribution in [0.15, 0.2) is 38.5 Å². The number of hydrogen-bond acceptors (Lipinski definition) is 12. The lowest BCUT2D eigenvalue weighted by Gasteiger charge is -2.42. The molecule has 6 rings (SSSR count). The van der Waals surface area contributed by atoms with Gasteiger partial charge >= 0.3 is 35.8 Å². The van der Waals surface area contributed by atoms with Gasteiger partial charge in [-0.25, -0.2) is 0 Å². The van der Waals surface area contributed by atoms with Crippen LogP contribution < -0.4 is 16.4 Å². The van der Waals surface area contributed by atoms with E-state index in [4.69, 9.17) is 20.7 Å². The minimum absolute atomic E-state index is 0.0225. The molecular weight excluding hydrogens is 812 g/mol. The number of allylic oxidation sites excluding steroid dienone is 4. The van der Waals surface area contributed by atoms with Crippen molar-refractivity contribution in [3.63, 3.8) is 0 Å². The standard InChI is InChI=1S/C42H54N6O14/c1-40(17-32(43)49)23(5-9-36(55)56)30-16-42-41(2,18-33(50)48-42)24(6-10-37(57)58)29(47-42)14-27-21(11-38(59)60)19(3-7-34(51)52)25(44-27)13-26-20(4-8-35(53)54)22(12-39(61)62)28(45-26)15-31(40)46-30/h13-14,19-24,28,30,47H,3-12,15-18H2,1-2H3,(H2,43,49)(H,48,50)(H,51,52)(H,53,54)(H,55,56)(H,57,58)(H,59,60)(H,61,62)/b25-13-,29-14?/t19-,20?,21-,22-,23+,24+,28?,30-,40-,41-,42-/m0/s1. The summed E-state index contributed by atoms with van der Waals surface area (Å²) < 4.78 is 0. The van der Waals surface area contributed by atoms with Crippen LogP contribution in [0.4, 0.5) is 0 Å². The maximum atomic E-state index is 13.6. The topological polar surface area (TPSA) is 345 Å². The van der Waals surface area contributed by atoms with E-state index in [9.17, 15) is 69.0 Å². The number of primary amides is 1. The third-order valence-electron chi connectivity index (χ3n) is 14.3. The molecule has 0 radical (unpaired) electrons. The van der Waals surface area contributed by atoms with Gasteiger partial charge in [-0.1, -0.05) is 13.8 Å². The quantitative estimate of drug-likeness (QED) is 0.0955. The largest absolute Gasteiger partial charge is 0.481 e. The van der Waals surface area contributed by atoms with Crippen molar-refractivity contribution in [2.45, 2.75) is 121 Å². The molecule has 1 spiro atoms. The van der Waals surface area contributed by atoms with Crippen LogP contribution in [0, 0.1) is 46.3 Å². The fourth-order valence-corrected chi connectivity index (χ4v) is 11.6. The first-order valence-electron chi connectivity index (χ1n) is 20.9. The predicted molar refractivity (Wildman–Crippen MR) is 217 cm³/mol. The molecule has 2 saturated heterocycles. The molecule has 0 aromatic heterocycles. The lowest BCUT2D eigenvalue weighted by Crippen LogP contribution is -2.59. The van der Waals surface area contributed by atoms with Gasteiger partial charge in [0.2, 0.25) is 11.8 Å². The molecule has 0 saturated carbocycles. The van der Waals surface area contributed by atoms with E-state index < -0.39 is 119 Å². The van der Waals surface area contributed by atoms with Crippen LogP contribution in [-0.4, -0.2) is 113 Å². The Morgan fingerprint density at radius 2 is 1.31 bits per heavy atom. The second-order valence-electron chi connectivity index (χ2n) is 18.2. The highest BCUT2D eigenvalue weighted by Gasteiger charge is 2.66. The molecule has 62 heavy (non-hydrogen) atoms. The van der Waals surface area contributed by atoms with Gasteiger partial charge in [-0.3, -0.25) is 53.3 Å². The Hall–Kier alpha value is -5.95. The van der Waals surface area contributed by atoms with E-state index in [2.05, 4.69) is 10.6 Å². The zero-order chi connectivity index (χ0) is 45.5. The van der Waals surface area contributed by atoms with Crippen molar-refractivity contribution in [2.24, 2.45) is 67.0 Å². The molecule has 10 N–H and O–H groups in total. The molecule has 8 bridgehead atoms. The number of nitrogens with two attached hydrogens (primary N) is 1. The number of carboxylic acids is 6. The van der Waals surface area contributed by atoms with Crippen LogP contribution in [0.1, 0.15) is 104 Å². The summed E-state index contributed by atoms with van der Waals surface area (Å²) in [5.74, 6) is -12.6. The zero-order valence-corrected chi connectivity index (χ0v) is 34.5. The van der Waals surface area contributed by atoms with E-state index in [-0.39, 0.29) is 100 Å². The lowest BCUT2D eigenvalue weighted by molar-refractivity contribution is -0.139. The van der Waals surface area contributed by atoms with E-state index in [1.807, 2.05) is 6.92 Å². The highest BCUT2D eigenvalue weighted by atomic mass is 16.4. The number of carboxylic acid groups (broad SMARTS) is 6. The molecule has 11 atom stereocenters. The molecule has 6 heterocycles. The average Bonchev–Trinajstić information content (AvgIpc) is 3.82. The monoisotopic (exact) mass is 866 g/mol. The number of carbonyl (C=O) groups is 8. The van der Waals surface area contributed by atoms with Crippen molar-refractivity contribution in [2.75, 3.05) is 0 Å². The second kappa shape index (κ2) is 17.4. The normalized spacial score (nSPS) is 35.3. The number of aliphatic imine (C=N–C) groups is 3. The molecule has 2 amide bonds. The number of nitrogens with zero attached hydrogens (tertiary/aromatic N) is 3. The van der Waals surface area contributed by atoms with E-state index in [1.165, 1.54) is 0 Å². The fraction of sp³-hybridized carbons (Fsp3) is 0.643. The first-order valence-corrected chi connectivity index (χ1v) is 20.9. The number of rotatable bonds is 18. The summed E-state index contributed by atoms with van der Waals surface area (Å²) in [7, 11) is 0. The Balaban J connectivity index is 1.64. The van der Waals surface area contributed by atoms with E-state index in [1.54, 1.807) is 19.1 Å². The Labute approximate surface area is 355 Å². The second-order valence-corrected chi connectivity index (χ2v) is 18.2. The third-order valence-corrected chi connectivity index (χ3v) is 14.3. The van der Waals surface area contributed by atoms with Crippen molar-refractivity contribution >= 4 is 64.8 Å². The number of hydrogen-bond donors (Lipinski definition) is 9. The number of aliphatic carboxylic acids is 6. The van der Waals surface area contributed by atoms with Crippen LogP contribution in [0.2, 0.25) is 0 Å². The van der Waals surface area contributed by atoms with Crippen LogP contribution in [-0.2, 0) is 38.4 Å². The van der Waals surface area contributed by atoms with Crippen LogP contribution >= 0.6 is 0 Å². The summed E-state index contributed by atoms with van der Waals surface area (Å²) in [6.45, 7) is 3.59. The Bertz CT molecular complexity index is 2110. The van der Waals surface area contributed by atoms with Crippen molar-refractivity contribution in [1.82, 2.24) is 10.6 Å². The first kappa shape index (κ1) is 45.6. The Kier molecular flexibility index (Phi) is 12.8. The van der Waals surface area contributed by atoms with Crippen molar-refractivity contribution < 1.29 is 69.0 Å². The summed E-state index contributed by atoms with van der Waals surface area (Å²) in [6, 6.07) is -1.65. The van der Waals surface area contributed by atoms with Gasteiger partial charge in [-0.15, -0.1) is 0 Å². The van der Waals surface area contributed by atoms with Crippen LogP contribution in [0.3, 0.4) is 0 Å². The van der Waals surface area contributed by atoms with Gasteiger partial charge in [-0.05, 0) is 43.8 Å². The number of carbonyl (C=O) groups excluding carboxylic acids is 2. The highest BCUT2D eigenvalue weighted by Crippen LogP contribution is 2.59.